The van der Waals surface area contributed by atoms with Gasteiger partial charge in [-0.15, -0.1) is 23.7 Å². The molecule has 1 aliphatic rings. The van der Waals surface area contributed by atoms with Gasteiger partial charge >= 0.3 is 6.61 Å². The van der Waals surface area contributed by atoms with Gasteiger partial charge in [-0.25, -0.2) is 0 Å². The highest BCUT2D eigenvalue weighted by Gasteiger charge is 2.28. The molecule has 1 fully saturated rings. The lowest BCUT2D eigenvalue weighted by Gasteiger charge is -2.35. The lowest BCUT2D eigenvalue weighted by atomic mass is 10.0. The molecule has 0 amide bonds. The summed E-state index contributed by atoms with van der Waals surface area (Å²) in [5.41, 5.74) is 0.744. The van der Waals surface area contributed by atoms with Crippen LogP contribution in [0.15, 0.2) is 36.4 Å². The summed E-state index contributed by atoms with van der Waals surface area (Å²) < 4.78 is 30.9. The lowest BCUT2D eigenvalue weighted by Crippen LogP contribution is -2.45. The van der Waals surface area contributed by atoms with Crippen molar-refractivity contribution in [2.24, 2.45) is 0 Å². The molecule has 1 N–H and O–H groups in total. The first-order valence-electron chi connectivity index (χ1n) is 7.39. The second-order valence-electron chi connectivity index (χ2n) is 5.25. The maximum Gasteiger partial charge on any atom is 0.387 e. The quantitative estimate of drug-likeness (QED) is 0.811. The highest BCUT2D eigenvalue weighted by molar-refractivity contribution is 7.16. The predicted octanol–water partition coefficient (Wildman–Crippen LogP) is 4.42. The number of halogens is 4. The number of hydrogen-bond acceptors (Lipinski definition) is 4. The maximum atomic E-state index is 12.7. The van der Waals surface area contributed by atoms with E-state index in [0.717, 1.165) is 36.6 Å². The summed E-state index contributed by atoms with van der Waals surface area (Å²) >= 11 is 7.56. The average Bonchev–Trinajstić information content (AvgIpc) is 2.96. The molecule has 0 saturated carbocycles. The van der Waals surface area contributed by atoms with Crippen LogP contribution >= 0.6 is 35.3 Å². The fraction of sp³-hybridized carbons (Fsp3) is 0.375. The Hall–Kier alpha value is -0.920. The Morgan fingerprint density at radius 2 is 1.83 bits per heavy atom. The van der Waals surface area contributed by atoms with Crippen molar-refractivity contribution in [1.82, 2.24) is 10.2 Å². The fourth-order valence-electron chi connectivity index (χ4n) is 2.86. The SMILES string of the molecule is Cl.FC(F)Oc1ccccc1[C@H](c1ccc(Cl)s1)N1CCNCC1. The molecule has 132 valence electrons. The van der Waals surface area contributed by atoms with E-state index in [2.05, 4.69) is 10.2 Å². The summed E-state index contributed by atoms with van der Waals surface area (Å²) in [5.74, 6) is 0.218. The molecule has 0 spiro atoms. The summed E-state index contributed by atoms with van der Waals surface area (Å²) in [5, 5.41) is 3.31. The Morgan fingerprint density at radius 3 is 2.46 bits per heavy atom. The third-order valence-electron chi connectivity index (χ3n) is 3.81. The number of rotatable bonds is 5. The summed E-state index contributed by atoms with van der Waals surface area (Å²) in [4.78, 5) is 3.30. The minimum Gasteiger partial charge on any atom is -0.434 e. The van der Waals surface area contributed by atoms with Crippen molar-refractivity contribution in [3.8, 4) is 5.75 Å². The van der Waals surface area contributed by atoms with Crippen LogP contribution in [0, 0.1) is 0 Å². The number of hydrogen-bond donors (Lipinski definition) is 1. The van der Waals surface area contributed by atoms with Crippen molar-refractivity contribution in [1.29, 1.82) is 0 Å². The number of nitrogens with one attached hydrogen (secondary N) is 1. The van der Waals surface area contributed by atoms with Crippen LogP contribution in [-0.2, 0) is 0 Å². The van der Waals surface area contributed by atoms with Crippen molar-refractivity contribution in [3.05, 3.63) is 51.2 Å². The molecular formula is C16H18Cl2F2N2OS. The Morgan fingerprint density at radius 1 is 1.12 bits per heavy atom. The van der Waals surface area contributed by atoms with Crippen LogP contribution in [0.5, 0.6) is 5.75 Å². The van der Waals surface area contributed by atoms with Crippen molar-refractivity contribution >= 4 is 35.3 Å². The average molecular weight is 395 g/mol. The van der Waals surface area contributed by atoms with Gasteiger partial charge in [0.2, 0.25) is 0 Å². The Bertz CT molecular complexity index is 651. The van der Waals surface area contributed by atoms with Crippen molar-refractivity contribution in [3.63, 3.8) is 0 Å². The molecule has 2 heterocycles. The summed E-state index contributed by atoms with van der Waals surface area (Å²) in [7, 11) is 0. The van der Waals surface area contributed by atoms with Crippen LogP contribution in [0.3, 0.4) is 0 Å². The lowest BCUT2D eigenvalue weighted by molar-refractivity contribution is -0.0510. The van der Waals surface area contributed by atoms with Gasteiger partial charge in [-0.05, 0) is 18.2 Å². The molecule has 8 heteroatoms. The monoisotopic (exact) mass is 394 g/mol. The normalized spacial score (nSPS) is 16.7. The molecule has 1 aromatic carbocycles. The predicted molar refractivity (Wildman–Crippen MR) is 95.9 cm³/mol. The van der Waals surface area contributed by atoms with Gasteiger partial charge in [0.1, 0.15) is 5.75 Å². The number of ether oxygens (including phenoxy) is 1. The molecule has 0 aliphatic carbocycles. The smallest absolute Gasteiger partial charge is 0.387 e. The first kappa shape index (κ1) is 19.4. The molecule has 24 heavy (non-hydrogen) atoms. The van der Waals surface area contributed by atoms with Gasteiger partial charge in [0.15, 0.2) is 0 Å². The zero-order valence-corrected chi connectivity index (χ0v) is 15.1. The Labute approximate surface area is 155 Å². The largest absolute Gasteiger partial charge is 0.434 e. The van der Waals surface area contributed by atoms with Gasteiger partial charge in [0, 0.05) is 36.6 Å². The number of para-hydroxylation sites is 1. The van der Waals surface area contributed by atoms with Crippen LogP contribution in [0.25, 0.3) is 0 Å². The molecule has 1 saturated heterocycles. The van der Waals surface area contributed by atoms with Crippen molar-refractivity contribution in [2.75, 3.05) is 26.2 Å². The third kappa shape index (κ3) is 4.58. The van der Waals surface area contributed by atoms with E-state index in [1.54, 1.807) is 12.1 Å². The second kappa shape index (κ2) is 8.97. The van der Waals surface area contributed by atoms with Gasteiger partial charge < -0.3 is 10.1 Å². The van der Waals surface area contributed by atoms with E-state index in [-0.39, 0.29) is 24.2 Å². The maximum absolute atomic E-state index is 12.7. The Kier molecular flexibility index (Phi) is 7.25. The number of nitrogens with zero attached hydrogens (tertiary/aromatic N) is 1. The molecule has 1 atom stereocenters. The topological polar surface area (TPSA) is 24.5 Å². The minimum atomic E-state index is -2.84. The van der Waals surface area contributed by atoms with Crippen molar-refractivity contribution in [2.45, 2.75) is 12.7 Å². The van der Waals surface area contributed by atoms with Crippen LogP contribution in [0.1, 0.15) is 16.5 Å². The molecule has 0 unspecified atom stereocenters. The molecule has 3 nitrogen and oxygen atoms in total. The molecule has 1 aliphatic heterocycles. The summed E-state index contributed by atoms with van der Waals surface area (Å²) in [6.45, 7) is 0.569. The molecule has 0 radical (unpaired) electrons. The van der Waals surface area contributed by atoms with Gasteiger partial charge in [0.25, 0.3) is 0 Å². The first-order chi connectivity index (χ1) is 11.1. The van der Waals surface area contributed by atoms with Crippen LogP contribution in [-0.4, -0.2) is 37.7 Å². The third-order valence-corrected chi connectivity index (χ3v) is 5.09. The first-order valence-corrected chi connectivity index (χ1v) is 8.58. The van der Waals surface area contributed by atoms with Gasteiger partial charge in [0.05, 0.1) is 10.4 Å². The molecule has 3 rings (SSSR count). The highest BCUT2D eigenvalue weighted by atomic mass is 35.5. The van der Waals surface area contributed by atoms with E-state index in [0.29, 0.717) is 4.34 Å². The number of benzene rings is 1. The summed E-state index contributed by atoms with van der Waals surface area (Å²) in [6.07, 6.45) is 0. The van der Waals surface area contributed by atoms with Gasteiger partial charge in [-0.2, -0.15) is 8.78 Å². The van der Waals surface area contributed by atoms with E-state index in [9.17, 15) is 8.78 Å². The fourth-order valence-corrected chi connectivity index (χ4v) is 4.07. The molecule has 1 aromatic heterocycles. The number of alkyl halides is 2. The molecular weight excluding hydrogens is 377 g/mol. The van der Waals surface area contributed by atoms with Gasteiger partial charge in [-0.1, -0.05) is 29.8 Å². The van der Waals surface area contributed by atoms with Crippen LogP contribution in [0.2, 0.25) is 4.34 Å². The van der Waals surface area contributed by atoms with Crippen molar-refractivity contribution < 1.29 is 13.5 Å². The second-order valence-corrected chi connectivity index (χ2v) is 6.99. The van der Waals surface area contributed by atoms with Gasteiger partial charge in [-0.3, -0.25) is 4.90 Å². The number of piperazine rings is 1. The van der Waals surface area contributed by atoms with E-state index in [1.807, 2.05) is 24.3 Å². The molecule has 2 aromatic rings. The van der Waals surface area contributed by atoms with E-state index < -0.39 is 6.61 Å². The van der Waals surface area contributed by atoms with Crippen LogP contribution < -0.4 is 10.1 Å². The molecule has 0 bridgehead atoms. The standard InChI is InChI=1S/C16H17ClF2N2OS.ClH/c17-14-6-5-13(23-14)15(21-9-7-20-8-10-21)11-3-1-2-4-12(11)22-16(18)19;/h1-6,15-16,20H,7-10H2;1H/t15-;/m1./s1. The van der Waals surface area contributed by atoms with Crippen LogP contribution in [0.4, 0.5) is 8.78 Å². The van der Waals surface area contributed by atoms with E-state index >= 15 is 0 Å². The zero-order chi connectivity index (χ0) is 16.2. The zero-order valence-electron chi connectivity index (χ0n) is 12.8. The Balaban J connectivity index is 0.00000208. The highest BCUT2D eigenvalue weighted by Crippen LogP contribution is 2.39. The summed E-state index contributed by atoms with van der Waals surface area (Å²) in [6, 6.07) is 10.6. The number of thiophene rings is 1. The van der Waals surface area contributed by atoms with E-state index in [1.165, 1.54) is 11.3 Å². The minimum absolute atomic E-state index is 0. The van der Waals surface area contributed by atoms with E-state index in [4.69, 9.17) is 16.3 Å².